The van der Waals surface area contributed by atoms with Crippen LogP contribution in [0.4, 0.5) is 11.4 Å². The number of furan rings is 1. The lowest BCUT2D eigenvalue weighted by atomic mass is 10.1. The molecule has 7 nitrogen and oxygen atoms in total. The molecule has 0 aliphatic rings. The second kappa shape index (κ2) is 9.87. The number of amides is 2. The number of benzene rings is 2. The van der Waals surface area contributed by atoms with Gasteiger partial charge >= 0.3 is 5.97 Å². The molecule has 1 heterocycles. The van der Waals surface area contributed by atoms with Crippen molar-refractivity contribution >= 4 is 64.0 Å². The number of anilines is 2. The number of nitrogens with one attached hydrogen (secondary N) is 2. The van der Waals surface area contributed by atoms with E-state index in [9.17, 15) is 14.4 Å². The molecule has 0 radical (unpaired) electrons. The smallest absolute Gasteiger partial charge is 0.341 e. The SMILES string of the molecule is CC(OC(=O)c1ccccc1NC(=O)c1ccco1)C(=O)Nc1cc(Cl)c(Cl)cc1Cl. The Bertz CT molecular complexity index is 1130. The molecule has 31 heavy (non-hydrogen) atoms. The van der Waals surface area contributed by atoms with Gasteiger partial charge in [-0.2, -0.15) is 0 Å². The fourth-order valence-corrected chi connectivity index (χ4v) is 3.09. The van der Waals surface area contributed by atoms with Gasteiger partial charge in [-0.25, -0.2) is 4.79 Å². The summed E-state index contributed by atoms with van der Waals surface area (Å²) in [5.41, 5.74) is 0.485. The normalized spacial score (nSPS) is 11.5. The Kier molecular flexibility index (Phi) is 7.22. The van der Waals surface area contributed by atoms with Gasteiger partial charge in [0.1, 0.15) is 0 Å². The molecule has 2 aromatic carbocycles. The number of carbonyl (C=O) groups excluding carboxylic acids is 3. The molecule has 1 atom stereocenters. The van der Waals surface area contributed by atoms with Gasteiger partial charge in [0, 0.05) is 0 Å². The highest BCUT2D eigenvalue weighted by Gasteiger charge is 2.23. The number of hydrogen-bond acceptors (Lipinski definition) is 5. The van der Waals surface area contributed by atoms with Gasteiger partial charge < -0.3 is 19.8 Å². The maximum absolute atomic E-state index is 12.6. The minimum atomic E-state index is -1.17. The van der Waals surface area contributed by atoms with E-state index in [4.69, 9.17) is 44.0 Å². The van der Waals surface area contributed by atoms with Crippen molar-refractivity contribution in [2.45, 2.75) is 13.0 Å². The minimum Gasteiger partial charge on any atom is -0.459 e. The van der Waals surface area contributed by atoms with Gasteiger partial charge in [-0.15, -0.1) is 0 Å². The van der Waals surface area contributed by atoms with Crippen molar-refractivity contribution < 1.29 is 23.5 Å². The molecular formula is C21H15Cl3N2O5. The van der Waals surface area contributed by atoms with Gasteiger partial charge in [-0.1, -0.05) is 46.9 Å². The van der Waals surface area contributed by atoms with E-state index in [2.05, 4.69) is 10.6 Å². The van der Waals surface area contributed by atoms with Crippen molar-refractivity contribution in [2.24, 2.45) is 0 Å². The average Bonchev–Trinajstić information content (AvgIpc) is 3.27. The highest BCUT2D eigenvalue weighted by atomic mass is 35.5. The summed E-state index contributed by atoms with van der Waals surface area (Å²) in [4.78, 5) is 37.3. The third kappa shape index (κ3) is 5.58. The quantitative estimate of drug-likeness (QED) is 0.349. The Morgan fingerprint density at radius 1 is 0.903 bits per heavy atom. The largest absolute Gasteiger partial charge is 0.459 e. The summed E-state index contributed by atoms with van der Waals surface area (Å²) >= 11 is 17.9. The number of halogens is 3. The molecule has 160 valence electrons. The van der Waals surface area contributed by atoms with Gasteiger partial charge in [-0.05, 0) is 43.3 Å². The second-order valence-electron chi connectivity index (χ2n) is 6.26. The fourth-order valence-electron chi connectivity index (χ4n) is 2.49. The number of para-hydroxylation sites is 1. The van der Waals surface area contributed by atoms with Gasteiger partial charge in [0.25, 0.3) is 11.8 Å². The summed E-state index contributed by atoms with van der Waals surface area (Å²) in [6, 6.07) is 12.0. The summed E-state index contributed by atoms with van der Waals surface area (Å²) in [7, 11) is 0. The van der Waals surface area contributed by atoms with Crippen LogP contribution in [0.5, 0.6) is 0 Å². The van der Waals surface area contributed by atoms with Crippen molar-refractivity contribution in [3.05, 3.63) is 81.2 Å². The number of carbonyl (C=O) groups is 3. The topological polar surface area (TPSA) is 97.6 Å². The molecule has 3 aromatic rings. The number of hydrogen-bond donors (Lipinski definition) is 2. The van der Waals surface area contributed by atoms with Gasteiger partial charge in [0.15, 0.2) is 11.9 Å². The molecule has 2 N–H and O–H groups in total. The first-order chi connectivity index (χ1) is 14.8. The molecule has 0 fully saturated rings. The van der Waals surface area contributed by atoms with Crippen LogP contribution in [0.3, 0.4) is 0 Å². The maximum Gasteiger partial charge on any atom is 0.341 e. The average molecular weight is 482 g/mol. The first kappa shape index (κ1) is 22.7. The van der Waals surface area contributed by atoms with E-state index >= 15 is 0 Å². The van der Waals surface area contributed by atoms with Crippen LogP contribution in [0.25, 0.3) is 0 Å². The van der Waals surface area contributed by atoms with Crippen LogP contribution >= 0.6 is 34.8 Å². The molecule has 0 spiro atoms. The molecular weight excluding hydrogens is 467 g/mol. The molecule has 0 aliphatic carbocycles. The van der Waals surface area contributed by atoms with Crippen LogP contribution in [0.15, 0.2) is 59.2 Å². The number of esters is 1. The Morgan fingerprint density at radius 2 is 1.61 bits per heavy atom. The predicted molar refractivity (Wildman–Crippen MR) is 118 cm³/mol. The van der Waals surface area contributed by atoms with Crippen LogP contribution in [0.1, 0.15) is 27.8 Å². The lowest BCUT2D eigenvalue weighted by Gasteiger charge is -2.16. The number of rotatable bonds is 6. The molecule has 0 saturated carbocycles. The number of ether oxygens (including phenoxy) is 1. The lowest BCUT2D eigenvalue weighted by Crippen LogP contribution is -2.30. The maximum atomic E-state index is 12.6. The zero-order chi connectivity index (χ0) is 22.5. The highest BCUT2D eigenvalue weighted by Crippen LogP contribution is 2.32. The first-order valence-electron chi connectivity index (χ1n) is 8.86. The van der Waals surface area contributed by atoms with E-state index in [0.717, 1.165) is 0 Å². The summed E-state index contributed by atoms with van der Waals surface area (Å²) in [5, 5.41) is 5.71. The van der Waals surface area contributed by atoms with Crippen LogP contribution in [0.2, 0.25) is 15.1 Å². The van der Waals surface area contributed by atoms with Crippen LogP contribution in [0, 0.1) is 0 Å². The second-order valence-corrected chi connectivity index (χ2v) is 7.48. The highest BCUT2D eigenvalue weighted by molar-refractivity contribution is 6.44. The van der Waals surface area contributed by atoms with Crippen LogP contribution < -0.4 is 10.6 Å². The fraction of sp³-hybridized carbons (Fsp3) is 0.0952. The Balaban J connectivity index is 1.69. The zero-order valence-corrected chi connectivity index (χ0v) is 18.2. The summed E-state index contributed by atoms with van der Waals surface area (Å²) in [5.74, 6) is -1.90. The van der Waals surface area contributed by atoms with Crippen LogP contribution in [-0.4, -0.2) is 23.9 Å². The van der Waals surface area contributed by atoms with Crippen molar-refractivity contribution in [2.75, 3.05) is 10.6 Å². The lowest BCUT2D eigenvalue weighted by molar-refractivity contribution is -0.123. The Morgan fingerprint density at radius 3 is 2.32 bits per heavy atom. The molecule has 0 bridgehead atoms. The molecule has 3 rings (SSSR count). The van der Waals surface area contributed by atoms with Crippen molar-refractivity contribution in [3.8, 4) is 0 Å². The van der Waals surface area contributed by atoms with E-state index < -0.39 is 23.9 Å². The molecule has 2 amide bonds. The van der Waals surface area contributed by atoms with E-state index in [1.54, 1.807) is 18.2 Å². The Hall–Kier alpha value is -3.00. The summed E-state index contributed by atoms with van der Waals surface area (Å²) in [6.45, 7) is 1.39. The van der Waals surface area contributed by atoms with Gasteiger partial charge in [0.05, 0.1) is 38.3 Å². The Labute approximate surface area is 192 Å². The molecule has 1 unspecified atom stereocenters. The third-order valence-corrected chi connectivity index (χ3v) is 5.10. The van der Waals surface area contributed by atoms with E-state index in [-0.39, 0.29) is 37.8 Å². The van der Waals surface area contributed by atoms with E-state index in [1.807, 2.05) is 0 Å². The standard InChI is InChI=1S/C21H15Cl3N2O5/c1-11(19(27)26-17-10-14(23)13(22)9-15(17)24)31-21(29)12-5-2-3-6-16(12)25-20(28)18-7-4-8-30-18/h2-11H,1H3,(H,25,28)(H,26,27). The van der Waals surface area contributed by atoms with Gasteiger partial charge in [0.2, 0.25) is 0 Å². The van der Waals surface area contributed by atoms with E-state index in [1.165, 1.54) is 43.5 Å². The van der Waals surface area contributed by atoms with Crippen molar-refractivity contribution in [1.29, 1.82) is 0 Å². The summed E-state index contributed by atoms with van der Waals surface area (Å²) in [6.07, 6.45) is 0.182. The monoisotopic (exact) mass is 480 g/mol. The van der Waals surface area contributed by atoms with E-state index in [0.29, 0.717) is 0 Å². The van der Waals surface area contributed by atoms with Crippen molar-refractivity contribution in [1.82, 2.24) is 0 Å². The molecule has 1 aromatic heterocycles. The van der Waals surface area contributed by atoms with Crippen LogP contribution in [-0.2, 0) is 9.53 Å². The zero-order valence-electron chi connectivity index (χ0n) is 15.9. The minimum absolute atomic E-state index is 0.0645. The molecule has 10 heteroatoms. The van der Waals surface area contributed by atoms with Gasteiger partial charge in [-0.3, -0.25) is 9.59 Å². The molecule has 0 aliphatic heterocycles. The van der Waals surface area contributed by atoms with Crippen molar-refractivity contribution in [3.63, 3.8) is 0 Å². The first-order valence-corrected chi connectivity index (χ1v) is 10.00. The summed E-state index contributed by atoms with van der Waals surface area (Å²) < 4.78 is 10.3. The molecule has 0 saturated heterocycles. The third-order valence-electron chi connectivity index (χ3n) is 4.06. The predicted octanol–water partition coefficient (Wildman–Crippen LogP) is 5.68.